The molecule has 7 heterocycles. The number of rotatable bonds is 2. The molecule has 0 saturated heterocycles. The van der Waals surface area contributed by atoms with Crippen LogP contribution in [0.4, 0.5) is 0 Å². The second kappa shape index (κ2) is 36.6. The molecule has 0 atom stereocenters. The van der Waals surface area contributed by atoms with Crippen LogP contribution in [-0.4, -0.2) is 140 Å². The van der Waals surface area contributed by atoms with Crippen LogP contribution >= 0.6 is 34.8 Å². The average Bonchev–Trinajstić information content (AvgIpc) is 0.757. The van der Waals surface area contributed by atoms with Gasteiger partial charge in [-0.1, -0.05) is 118 Å². The number of phenols is 14. The summed E-state index contributed by atoms with van der Waals surface area (Å²) in [5.74, 6) is -5.73. The largest absolute Gasteiger partial charge is 0.504 e. The molecule has 14 aromatic rings. The van der Waals surface area contributed by atoms with Crippen molar-refractivity contribution in [1.29, 1.82) is 0 Å². The Hall–Kier alpha value is -14.0. The van der Waals surface area contributed by atoms with Crippen LogP contribution in [0.2, 0.25) is 15.1 Å². The van der Waals surface area contributed by atoms with Gasteiger partial charge in [-0.25, -0.2) is 18.7 Å². The van der Waals surface area contributed by atoms with E-state index in [-0.39, 0.29) is 131 Å². The third-order valence-electron chi connectivity index (χ3n) is 19.9. The number of hydrogen-bond donors (Lipinski definition) is 18. The molecule has 38 nitrogen and oxygen atoms in total. The highest BCUT2D eigenvalue weighted by molar-refractivity contribution is 6.38. The summed E-state index contributed by atoms with van der Waals surface area (Å²) in [5.41, 5.74) is -4.23. The van der Waals surface area contributed by atoms with Crippen molar-refractivity contribution in [2.24, 2.45) is 7.05 Å². The van der Waals surface area contributed by atoms with Crippen LogP contribution in [0.1, 0.15) is 182 Å². The van der Waals surface area contributed by atoms with Crippen molar-refractivity contribution < 1.29 is 71.5 Å². The molecule has 0 unspecified atom stereocenters. The first kappa shape index (κ1) is 101. The first-order valence-corrected chi connectivity index (χ1v) is 41.1. The summed E-state index contributed by atoms with van der Waals surface area (Å²) in [6, 6.07) is 13.2. The van der Waals surface area contributed by atoms with Gasteiger partial charge in [0, 0.05) is 66.1 Å². The predicted octanol–water partition coefficient (Wildman–Crippen LogP) is 12.1. The number of nitrogens with zero attached hydrogens (tertiary/aromatic N) is 10. The number of fused-ring (bicyclic) bond motifs is 7. The molecule has 0 spiro atoms. The van der Waals surface area contributed by atoms with Crippen molar-refractivity contribution in [2.75, 3.05) is 0 Å². The molecule has 130 heavy (non-hydrogen) atoms. The van der Waals surface area contributed by atoms with Gasteiger partial charge in [0.05, 0.1) is 108 Å². The Balaban J connectivity index is 0.000000187. The molecule has 14 rings (SSSR count). The molecular formula is C89H105Cl3N14O24. The Morgan fingerprint density at radius 3 is 1.06 bits per heavy atom. The SMILES string of the molecule is CC(C)(C)c1n[nH]c2cc(O)c(O)c(Cl)c2c1=O.CC(C)(C)c1n[nH]c2cc(O)c(O)cc2c1=O.CC(C)(C)n1[nH]c(=O)c2cc(O)c(O)c(Cl)c2c1=O.CC(C)(C)n1[nH]c(=O)c2cc(O)c(O)cc2c1=O.CCn1nc(C(C)(C)C)c(=O)c2c(Cl)c(O)c(O)cc21.CCn1nc(C(C)(C)C)c(=O)c2cc(O)c(O)cc21.Cn1c(=O)c2cc(O)c(O)cc2c(=O)n1C(C)(C)C. The van der Waals surface area contributed by atoms with E-state index >= 15 is 0 Å². The minimum Gasteiger partial charge on any atom is -0.504 e. The summed E-state index contributed by atoms with van der Waals surface area (Å²) >= 11 is 17.8. The third kappa shape index (κ3) is 20.6. The summed E-state index contributed by atoms with van der Waals surface area (Å²) in [7, 11) is 1.50. The minimum absolute atomic E-state index is 0.0517. The van der Waals surface area contributed by atoms with Gasteiger partial charge in [0.15, 0.2) is 80.5 Å². The zero-order chi connectivity index (χ0) is 98.8. The quantitative estimate of drug-likeness (QED) is 0.0715. The van der Waals surface area contributed by atoms with Crippen molar-refractivity contribution in [3.05, 3.63) is 208 Å². The summed E-state index contributed by atoms with van der Waals surface area (Å²) < 4.78 is 8.16. The lowest BCUT2D eigenvalue weighted by atomic mass is 9.91. The van der Waals surface area contributed by atoms with Crippen molar-refractivity contribution in [1.82, 2.24) is 68.9 Å². The van der Waals surface area contributed by atoms with Gasteiger partial charge in [-0.2, -0.15) is 20.4 Å². The number of nitrogens with one attached hydrogen (secondary N) is 4. The molecule has 0 saturated carbocycles. The zero-order valence-corrected chi connectivity index (χ0v) is 78.0. The average molecular weight is 1860 g/mol. The smallest absolute Gasteiger partial charge is 0.275 e. The van der Waals surface area contributed by atoms with Crippen molar-refractivity contribution in [2.45, 2.75) is 211 Å². The Kier molecular flexibility index (Phi) is 28.6. The van der Waals surface area contributed by atoms with Crippen LogP contribution in [-0.2, 0) is 58.4 Å². The van der Waals surface area contributed by atoms with Crippen molar-refractivity contribution >= 4 is 111 Å². The van der Waals surface area contributed by atoms with E-state index in [1.54, 1.807) is 71.7 Å². The number of halogens is 3. The predicted molar refractivity (Wildman–Crippen MR) is 497 cm³/mol. The summed E-state index contributed by atoms with van der Waals surface area (Å²) in [6.07, 6.45) is 0. The zero-order valence-electron chi connectivity index (χ0n) is 75.7. The fourth-order valence-corrected chi connectivity index (χ4v) is 14.1. The summed E-state index contributed by atoms with van der Waals surface area (Å²) in [6.45, 7) is 43.5. The molecule has 0 amide bonds. The fourth-order valence-electron chi connectivity index (χ4n) is 13.3. The first-order valence-electron chi connectivity index (χ1n) is 40.0. The number of H-pyrrole nitrogens is 4. The maximum absolute atomic E-state index is 12.6. The summed E-state index contributed by atoms with van der Waals surface area (Å²) in [5, 5.41) is 161. The fraction of sp³-hybridized carbons (Fsp3) is 0.371. The molecule has 0 aliphatic heterocycles. The van der Waals surface area contributed by atoms with Gasteiger partial charge in [-0.3, -0.25) is 77.7 Å². The van der Waals surface area contributed by atoms with Gasteiger partial charge in [0.2, 0.25) is 21.7 Å². The van der Waals surface area contributed by atoms with Crippen LogP contribution in [0.5, 0.6) is 80.5 Å². The van der Waals surface area contributed by atoms with Crippen molar-refractivity contribution in [3.8, 4) is 80.5 Å². The molecule has 18 N–H and O–H groups in total. The third-order valence-corrected chi connectivity index (χ3v) is 21.0. The molecule has 0 radical (unpaired) electrons. The van der Waals surface area contributed by atoms with E-state index in [1.165, 1.54) is 57.5 Å². The maximum atomic E-state index is 12.6. The van der Waals surface area contributed by atoms with E-state index in [1.807, 2.05) is 96.9 Å². The molecule has 0 aliphatic carbocycles. The number of hydrogen-bond acceptors (Lipinski definition) is 28. The van der Waals surface area contributed by atoms with E-state index in [4.69, 9.17) is 34.8 Å². The van der Waals surface area contributed by atoms with Gasteiger partial charge in [0.1, 0.15) is 22.8 Å². The molecule has 696 valence electrons. The lowest BCUT2D eigenvalue weighted by molar-refractivity contribution is 0.290. The number of aromatic amines is 4. The van der Waals surface area contributed by atoms with E-state index in [2.05, 4.69) is 40.8 Å². The van der Waals surface area contributed by atoms with Crippen LogP contribution < -0.4 is 55.1 Å². The molecule has 0 aliphatic rings. The molecule has 41 heteroatoms. The number of benzene rings is 7. The van der Waals surface area contributed by atoms with Gasteiger partial charge < -0.3 is 71.5 Å². The molecule has 7 aromatic heterocycles. The van der Waals surface area contributed by atoms with Crippen LogP contribution in [0.25, 0.3) is 75.9 Å². The van der Waals surface area contributed by atoms with Gasteiger partial charge in [-0.05, 0) is 119 Å². The number of aryl methyl sites for hydroxylation is 2. The lowest BCUT2D eigenvalue weighted by Gasteiger charge is -2.25. The molecular weight excluding hydrogens is 1760 g/mol. The highest BCUT2D eigenvalue weighted by atomic mass is 35.5. The standard InChI is InChI=1S/C14H17ClN2O3.C14H18N2O3.C13H16N2O4.C12H13ClN2O4.C12H13ClN2O3.C12H14N2O4.C12H14N2O3/c1-5-17-7-6-8(18)11(19)10(15)9(7)12(20)13(16-17)14(2,3)4;1-5-16-9-7-11(18)10(17)6-8(9)12(19)13(15-16)14(2,3)4;1-13(2,3)15-12(19)8-6-10(17)9(16)5-7(8)11(18)14(15)4;1-12(2,3)15-11(19)7-5(10(18)14-15)4-6(16)9(17)8(7)13;1-12(2,3)11-10(18)7-5(14-15-11)4-6(16)9(17)8(7)13;1-12(2,3)14-11(18)7-5-9(16)8(15)4-6(7)10(17)13-14;1-12(2,3)11-10(17)6-4-8(15)9(16)5-7(6)13-14-11/h6,18-19H,5H2,1-4H3;6-7,17-18H,5H2,1-4H3;5-6,16-17H,1-4H3;4,16-17H,1-3H3,(H,14,18);4,16-17H,1-3H3,(H,14,18);4-5,15-16H,1-3H3,(H,13,17);4-5,15-16H,1-3H3,(H,13,17). The topological polar surface area (TPSA) is 598 Å². The highest BCUT2D eigenvalue weighted by Crippen LogP contribution is 2.42. The highest BCUT2D eigenvalue weighted by Gasteiger charge is 2.31. The van der Waals surface area contributed by atoms with E-state index in [0.717, 1.165) is 35.0 Å². The van der Waals surface area contributed by atoms with Crippen LogP contribution in [0.3, 0.4) is 0 Å². The number of aromatic nitrogens is 14. The second-order valence-electron chi connectivity index (χ2n) is 37.3. The number of phenolic OH excluding ortho intramolecular Hbond substituents is 14. The number of aromatic hydroxyl groups is 14. The molecule has 0 fully saturated rings. The van der Waals surface area contributed by atoms with Crippen LogP contribution in [0, 0.1) is 0 Å². The van der Waals surface area contributed by atoms with Crippen LogP contribution in [0.15, 0.2) is 115 Å². The van der Waals surface area contributed by atoms with Gasteiger partial charge >= 0.3 is 0 Å². The maximum Gasteiger partial charge on any atom is 0.275 e. The van der Waals surface area contributed by atoms with E-state index < -0.39 is 107 Å². The van der Waals surface area contributed by atoms with Crippen molar-refractivity contribution in [3.63, 3.8) is 0 Å². The van der Waals surface area contributed by atoms with Gasteiger partial charge in [0.25, 0.3) is 33.4 Å². The van der Waals surface area contributed by atoms with E-state index in [9.17, 15) is 119 Å². The first-order chi connectivity index (χ1) is 59.5. The van der Waals surface area contributed by atoms with E-state index in [0.29, 0.717) is 63.2 Å². The lowest BCUT2D eigenvalue weighted by Crippen LogP contribution is -2.45. The van der Waals surface area contributed by atoms with Gasteiger partial charge in [-0.15, -0.1) is 0 Å². The Bertz CT molecular complexity index is 7560. The normalized spacial score (nSPS) is 12.0. The monoisotopic (exact) mass is 1860 g/mol. The molecule has 0 bridgehead atoms. The minimum atomic E-state index is -0.652. The Labute approximate surface area is 752 Å². The molecule has 7 aromatic carbocycles. The summed E-state index contributed by atoms with van der Waals surface area (Å²) in [4.78, 5) is 122. The Morgan fingerprint density at radius 1 is 0.308 bits per heavy atom. The Morgan fingerprint density at radius 2 is 0.615 bits per heavy atom. The second-order valence-corrected chi connectivity index (χ2v) is 38.5.